The molecule has 0 aromatic carbocycles. The van der Waals surface area contributed by atoms with Crippen molar-refractivity contribution in [3.05, 3.63) is 82.4 Å². The van der Waals surface area contributed by atoms with Crippen LogP contribution in [0.4, 0.5) is 0 Å². The topological polar surface area (TPSA) is 185 Å². The zero-order chi connectivity index (χ0) is 32.1. The van der Waals surface area contributed by atoms with Crippen molar-refractivity contribution in [2.45, 2.75) is 49.7 Å². The smallest absolute Gasteiger partial charge is 0.330 e. The predicted molar refractivity (Wildman–Crippen MR) is 165 cm³/mol. The monoisotopic (exact) mass is 722 g/mol. The molecule has 0 amide bonds. The number of aliphatic hydroxyl groups excluding tert-OH is 1. The molecule has 43 heavy (non-hydrogen) atoms. The summed E-state index contributed by atoms with van der Waals surface area (Å²) in [5, 5.41) is 7.76. The van der Waals surface area contributed by atoms with E-state index < -0.39 is 35.0 Å². The Balaban J connectivity index is 0.000000267. The first-order valence-electron chi connectivity index (χ1n) is 13.1. The Morgan fingerprint density at radius 3 is 1.72 bits per heavy atom. The molecule has 240 valence electrons. The molecule has 0 radical (unpaired) electrons. The molecule has 6 unspecified atom stereocenters. The summed E-state index contributed by atoms with van der Waals surface area (Å²) in [5.74, 6) is 0. The van der Waals surface area contributed by atoms with Crippen LogP contribution in [-0.4, -0.2) is 96.9 Å². The molecule has 0 spiro atoms. The van der Waals surface area contributed by atoms with E-state index in [2.05, 4.69) is 23.1 Å². The van der Waals surface area contributed by atoms with Gasteiger partial charge in [-0.05, 0) is 22.6 Å². The zero-order valence-corrected chi connectivity index (χ0v) is 26.7. The highest BCUT2D eigenvalue weighted by molar-refractivity contribution is 14.1. The van der Waals surface area contributed by atoms with E-state index in [1.807, 2.05) is 22.6 Å². The van der Waals surface area contributed by atoms with Gasteiger partial charge in [0.25, 0.3) is 11.1 Å². The van der Waals surface area contributed by atoms with Gasteiger partial charge in [0.05, 0.1) is 41.2 Å². The van der Waals surface area contributed by atoms with Crippen molar-refractivity contribution < 1.29 is 33.5 Å². The maximum atomic E-state index is 11.9. The third kappa shape index (κ3) is 9.90. The van der Waals surface area contributed by atoms with Crippen LogP contribution in [-0.2, 0) is 28.4 Å². The highest BCUT2D eigenvalue weighted by Crippen LogP contribution is 2.30. The highest BCUT2D eigenvalue weighted by Gasteiger charge is 2.38. The first-order valence-corrected chi connectivity index (χ1v) is 14.2. The number of hydrogen-bond donors (Lipinski definition) is 3. The van der Waals surface area contributed by atoms with Gasteiger partial charge in [-0.3, -0.25) is 28.7 Å². The number of rotatable bonds is 10. The van der Waals surface area contributed by atoms with Crippen molar-refractivity contribution in [3.8, 4) is 0 Å². The second kappa shape index (κ2) is 18.2. The number of aliphatic hydroxyl groups is 1. The number of halogens is 1. The lowest BCUT2D eigenvalue weighted by molar-refractivity contribution is -0.0618. The van der Waals surface area contributed by atoms with Gasteiger partial charge in [0.1, 0.15) is 24.7 Å². The maximum absolute atomic E-state index is 11.9. The second-order valence-electron chi connectivity index (χ2n) is 9.26. The summed E-state index contributed by atoms with van der Waals surface area (Å²) in [6, 6.07) is 0. The van der Waals surface area contributed by atoms with Gasteiger partial charge in [-0.25, -0.2) is 9.59 Å². The average molecular weight is 723 g/mol. The van der Waals surface area contributed by atoms with E-state index in [0.717, 1.165) is 0 Å². The van der Waals surface area contributed by atoms with E-state index in [4.69, 9.17) is 33.5 Å². The number of methoxy groups -OCH3 is 4. The summed E-state index contributed by atoms with van der Waals surface area (Å²) >= 11 is 1.87. The first kappa shape index (κ1) is 36.5. The van der Waals surface area contributed by atoms with Crippen molar-refractivity contribution in [2.75, 3.05) is 48.3 Å². The molecule has 2 aromatic rings. The van der Waals surface area contributed by atoms with E-state index in [1.165, 1.54) is 33.7 Å². The minimum atomic E-state index is -0.515. The fourth-order valence-electron chi connectivity index (χ4n) is 4.40. The minimum absolute atomic E-state index is 0.0833. The number of nitrogens with one attached hydrogen (secondary N) is 2. The van der Waals surface area contributed by atoms with Crippen molar-refractivity contribution in [3.63, 3.8) is 0 Å². The number of hydrogen-bond acceptors (Lipinski definition) is 11. The van der Waals surface area contributed by atoms with Crippen molar-refractivity contribution in [1.82, 2.24) is 19.1 Å². The van der Waals surface area contributed by atoms with Crippen molar-refractivity contribution in [1.29, 1.82) is 0 Å². The Morgan fingerprint density at radius 2 is 1.33 bits per heavy atom. The zero-order valence-electron chi connectivity index (χ0n) is 24.5. The summed E-state index contributed by atoms with van der Waals surface area (Å²) < 4.78 is 35.5. The van der Waals surface area contributed by atoms with Crippen LogP contribution in [0.5, 0.6) is 0 Å². The van der Waals surface area contributed by atoms with Gasteiger partial charge in [-0.15, -0.1) is 6.58 Å². The van der Waals surface area contributed by atoms with Crippen LogP contribution in [0.25, 0.3) is 6.08 Å². The van der Waals surface area contributed by atoms with Crippen molar-refractivity contribution in [2.24, 2.45) is 0 Å². The molecule has 0 saturated carbocycles. The van der Waals surface area contributed by atoms with Crippen LogP contribution in [0.1, 0.15) is 30.9 Å². The lowest BCUT2D eigenvalue weighted by atomic mass is 10.2. The summed E-state index contributed by atoms with van der Waals surface area (Å²) in [6.45, 7) is 7.63. The first-order chi connectivity index (χ1) is 20.6. The van der Waals surface area contributed by atoms with Crippen LogP contribution in [0.2, 0.25) is 0 Å². The normalized spacial score (nSPS) is 24.4. The number of H-pyrrole nitrogens is 2. The molecule has 0 aliphatic carbocycles. The molecule has 0 bridgehead atoms. The maximum Gasteiger partial charge on any atom is 0.330 e. The average Bonchev–Trinajstić information content (AvgIpc) is 3.59. The van der Waals surface area contributed by atoms with E-state index in [9.17, 15) is 19.2 Å². The summed E-state index contributed by atoms with van der Waals surface area (Å²) in [4.78, 5) is 51.0. The molecule has 4 heterocycles. The molecule has 2 fully saturated rings. The number of aromatic nitrogens is 4. The number of aromatic amines is 2. The molecule has 16 heteroatoms. The second-order valence-corrected chi connectivity index (χ2v) is 10.4. The van der Waals surface area contributed by atoms with Crippen LogP contribution >= 0.6 is 22.6 Å². The standard InChI is InChI=1S/C13H18N2O5.C11H15IN2O5.C3H6O/c1-4-8-6-15(13(17)14-12(8)16)11-5-9(19-3)10(20-11)7-18-2;1-17-5-8-7(18-2)3-9(19-8)14-4-6(12)10(15)13-11(14)16;1-2-3-4/h4,6,9-11H,1,5,7H2,2-3H3,(H,14,16,17);4,7-9H,3,5H2,1-2H3,(H,13,15,16);2,4H,1,3H2. The molecular weight excluding hydrogens is 683 g/mol. The van der Waals surface area contributed by atoms with E-state index in [-0.39, 0.29) is 31.0 Å². The molecule has 3 N–H and O–H groups in total. The Bertz CT molecular complexity index is 1420. The van der Waals surface area contributed by atoms with Gasteiger partial charge in [-0.2, -0.15) is 0 Å². The molecular formula is C27H39IN4O11. The van der Waals surface area contributed by atoms with Crippen LogP contribution < -0.4 is 22.5 Å². The predicted octanol–water partition coefficient (Wildman–Crippen LogP) is 0.383. The summed E-state index contributed by atoms with van der Waals surface area (Å²) in [5.41, 5.74) is -1.54. The molecule has 2 saturated heterocycles. The lowest BCUT2D eigenvalue weighted by Crippen LogP contribution is -2.33. The van der Waals surface area contributed by atoms with E-state index in [0.29, 0.717) is 35.2 Å². The highest BCUT2D eigenvalue weighted by atomic mass is 127. The Kier molecular flexibility index (Phi) is 15.4. The van der Waals surface area contributed by atoms with Gasteiger partial charge in [0.2, 0.25) is 0 Å². The molecule has 2 aromatic heterocycles. The van der Waals surface area contributed by atoms with Gasteiger partial charge in [0.15, 0.2) is 0 Å². The van der Waals surface area contributed by atoms with Gasteiger partial charge in [-0.1, -0.05) is 18.7 Å². The molecule has 2 aliphatic rings. The summed E-state index contributed by atoms with van der Waals surface area (Å²) in [6.07, 6.45) is 5.08. The van der Waals surface area contributed by atoms with Gasteiger partial charge < -0.3 is 33.5 Å². The third-order valence-electron chi connectivity index (χ3n) is 6.52. The Morgan fingerprint density at radius 1 is 0.884 bits per heavy atom. The number of ether oxygens (including phenoxy) is 6. The van der Waals surface area contributed by atoms with Crippen LogP contribution in [0.15, 0.2) is 50.8 Å². The molecule has 6 atom stereocenters. The largest absolute Gasteiger partial charge is 0.392 e. The SMILES string of the molecule is C=CCO.C=Cc1cn(C2CC(OC)C(COC)O2)c(=O)[nH]c1=O.COCC1OC(n2cc(I)c(=O)[nH]c2=O)CC1OC. The number of nitrogens with zero attached hydrogens (tertiary/aromatic N) is 2. The quantitative estimate of drug-likeness (QED) is 0.228. The third-order valence-corrected chi connectivity index (χ3v) is 7.29. The fourth-order valence-corrected chi connectivity index (χ4v) is 4.84. The van der Waals surface area contributed by atoms with Gasteiger partial charge in [0, 0.05) is 53.7 Å². The fraction of sp³-hybridized carbons (Fsp3) is 0.556. The van der Waals surface area contributed by atoms with Crippen LogP contribution in [0.3, 0.4) is 0 Å². The Hall–Kier alpha value is -2.71. The summed E-state index contributed by atoms with van der Waals surface area (Å²) in [7, 11) is 6.34. The van der Waals surface area contributed by atoms with Crippen LogP contribution in [0, 0.1) is 3.57 Å². The lowest BCUT2D eigenvalue weighted by Gasteiger charge is -2.16. The molecule has 4 rings (SSSR count). The van der Waals surface area contributed by atoms with E-state index >= 15 is 0 Å². The molecule has 2 aliphatic heterocycles. The van der Waals surface area contributed by atoms with Gasteiger partial charge >= 0.3 is 11.4 Å². The Labute approximate surface area is 261 Å². The molecule has 15 nitrogen and oxygen atoms in total. The van der Waals surface area contributed by atoms with E-state index in [1.54, 1.807) is 28.4 Å². The minimum Gasteiger partial charge on any atom is -0.392 e. The van der Waals surface area contributed by atoms with Crippen molar-refractivity contribution >= 4 is 28.7 Å².